The summed E-state index contributed by atoms with van der Waals surface area (Å²) in [6, 6.07) is 0. The molecule has 0 aliphatic heterocycles. The lowest BCUT2D eigenvalue weighted by atomic mass is 9.79. The van der Waals surface area contributed by atoms with Crippen LogP contribution < -0.4 is 10.5 Å². The van der Waals surface area contributed by atoms with Crippen molar-refractivity contribution in [2.45, 2.75) is 40.0 Å². The molecule has 2 N–H and O–H groups in total. The highest BCUT2D eigenvalue weighted by Gasteiger charge is 2.28. The van der Waals surface area contributed by atoms with Crippen molar-refractivity contribution in [1.29, 1.82) is 0 Å². The molecule has 17 heavy (non-hydrogen) atoms. The Morgan fingerprint density at radius 2 is 1.65 bits per heavy atom. The van der Waals surface area contributed by atoms with Gasteiger partial charge in [-0.05, 0) is 37.5 Å². The third-order valence-electron chi connectivity index (χ3n) is 3.55. The minimum absolute atomic E-state index is 0.141. The van der Waals surface area contributed by atoms with Gasteiger partial charge < -0.3 is 10.5 Å². The van der Waals surface area contributed by atoms with Crippen molar-refractivity contribution in [3.8, 4) is 5.75 Å². The SMILES string of the molecule is COc1c(C)c(C)c(Cl)c(C)c1C(C)(C)CN. The molecule has 0 aliphatic rings. The van der Waals surface area contributed by atoms with E-state index in [2.05, 4.69) is 13.8 Å². The van der Waals surface area contributed by atoms with Gasteiger partial charge in [0.25, 0.3) is 0 Å². The monoisotopic (exact) mass is 255 g/mol. The Morgan fingerprint density at radius 1 is 1.12 bits per heavy atom. The molecule has 0 bridgehead atoms. The van der Waals surface area contributed by atoms with Crippen LogP contribution in [0.25, 0.3) is 0 Å². The molecule has 0 unspecified atom stereocenters. The van der Waals surface area contributed by atoms with Crippen LogP contribution >= 0.6 is 11.6 Å². The van der Waals surface area contributed by atoms with Crippen molar-refractivity contribution in [3.63, 3.8) is 0 Å². The number of halogens is 1. The lowest BCUT2D eigenvalue weighted by Crippen LogP contribution is -2.30. The van der Waals surface area contributed by atoms with E-state index in [-0.39, 0.29) is 5.41 Å². The summed E-state index contributed by atoms with van der Waals surface area (Å²) in [4.78, 5) is 0. The summed E-state index contributed by atoms with van der Waals surface area (Å²) in [6.07, 6.45) is 0. The van der Waals surface area contributed by atoms with E-state index in [0.717, 1.165) is 33.0 Å². The number of rotatable bonds is 3. The Hall–Kier alpha value is -0.730. The lowest BCUT2D eigenvalue weighted by molar-refractivity contribution is 0.389. The molecule has 1 aromatic rings. The number of benzene rings is 1. The average molecular weight is 256 g/mol. The highest BCUT2D eigenvalue weighted by molar-refractivity contribution is 6.32. The number of nitrogens with two attached hydrogens (primary N) is 1. The van der Waals surface area contributed by atoms with E-state index in [0.29, 0.717) is 6.54 Å². The molecule has 0 aromatic heterocycles. The molecule has 1 rings (SSSR count). The van der Waals surface area contributed by atoms with E-state index in [9.17, 15) is 0 Å². The smallest absolute Gasteiger partial charge is 0.126 e. The van der Waals surface area contributed by atoms with E-state index in [1.54, 1.807) is 7.11 Å². The third-order valence-corrected chi connectivity index (χ3v) is 4.12. The molecule has 0 atom stereocenters. The van der Waals surface area contributed by atoms with Crippen LogP contribution in [0.1, 0.15) is 36.1 Å². The molecule has 1 aromatic carbocycles. The van der Waals surface area contributed by atoms with Gasteiger partial charge in [0.1, 0.15) is 5.75 Å². The fourth-order valence-corrected chi connectivity index (χ4v) is 2.49. The molecule has 0 aliphatic carbocycles. The second kappa shape index (κ2) is 4.87. The number of ether oxygens (including phenoxy) is 1. The molecule has 0 amide bonds. The third kappa shape index (κ3) is 2.29. The summed E-state index contributed by atoms with van der Waals surface area (Å²) in [6.45, 7) is 10.9. The zero-order chi connectivity index (χ0) is 13.4. The number of hydrogen-bond acceptors (Lipinski definition) is 2. The molecule has 0 spiro atoms. The van der Waals surface area contributed by atoms with Crippen LogP contribution in [0.2, 0.25) is 5.02 Å². The van der Waals surface area contributed by atoms with Crippen LogP contribution in [0.3, 0.4) is 0 Å². The summed E-state index contributed by atoms with van der Waals surface area (Å²) in [5, 5.41) is 0.819. The van der Waals surface area contributed by atoms with Gasteiger partial charge in [-0.2, -0.15) is 0 Å². The van der Waals surface area contributed by atoms with E-state index < -0.39 is 0 Å². The first-order chi connectivity index (χ1) is 7.77. The van der Waals surface area contributed by atoms with E-state index in [1.165, 1.54) is 0 Å². The van der Waals surface area contributed by atoms with Gasteiger partial charge in [-0.15, -0.1) is 0 Å². The topological polar surface area (TPSA) is 35.2 Å². The maximum Gasteiger partial charge on any atom is 0.126 e. The van der Waals surface area contributed by atoms with Crippen LogP contribution in [0.4, 0.5) is 0 Å². The summed E-state index contributed by atoms with van der Waals surface area (Å²) in [7, 11) is 1.70. The van der Waals surface area contributed by atoms with Crippen molar-refractivity contribution < 1.29 is 4.74 Å². The molecule has 0 radical (unpaired) electrons. The Morgan fingerprint density at radius 3 is 2.06 bits per heavy atom. The molecular formula is C14H22ClNO. The Kier molecular flexibility index (Phi) is 4.11. The van der Waals surface area contributed by atoms with Crippen LogP contribution in [-0.4, -0.2) is 13.7 Å². The van der Waals surface area contributed by atoms with Gasteiger partial charge in [0.15, 0.2) is 0 Å². The van der Waals surface area contributed by atoms with Crippen LogP contribution in [-0.2, 0) is 5.41 Å². The Labute approximate surface area is 109 Å². The fourth-order valence-electron chi connectivity index (χ4n) is 2.26. The second-order valence-corrected chi connectivity index (χ2v) is 5.56. The first-order valence-corrected chi connectivity index (χ1v) is 6.19. The van der Waals surface area contributed by atoms with Gasteiger partial charge in [-0.3, -0.25) is 0 Å². The van der Waals surface area contributed by atoms with Crippen molar-refractivity contribution in [1.82, 2.24) is 0 Å². The maximum absolute atomic E-state index is 6.38. The molecule has 2 nitrogen and oxygen atoms in total. The molecule has 0 saturated carbocycles. The standard InChI is InChI=1S/C14H22ClNO/c1-8-9(2)13(17-6)11(10(3)12(8)15)14(4,5)7-16/h7,16H2,1-6H3. The highest BCUT2D eigenvalue weighted by Crippen LogP contribution is 2.41. The van der Waals surface area contributed by atoms with Crippen molar-refractivity contribution in [2.24, 2.45) is 5.73 Å². The van der Waals surface area contributed by atoms with Crippen LogP contribution in [0.15, 0.2) is 0 Å². The zero-order valence-corrected chi connectivity index (χ0v) is 12.3. The second-order valence-electron chi connectivity index (χ2n) is 5.19. The summed E-state index contributed by atoms with van der Waals surface area (Å²) < 4.78 is 5.57. The highest BCUT2D eigenvalue weighted by atomic mass is 35.5. The predicted molar refractivity (Wildman–Crippen MR) is 74.3 cm³/mol. The van der Waals surface area contributed by atoms with Crippen LogP contribution in [0.5, 0.6) is 5.75 Å². The van der Waals surface area contributed by atoms with Gasteiger partial charge in [0, 0.05) is 22.5 Å². The van der Waals surface area contributed by atoms with E-state index in [4.69, 9.17) is 22.1 Å². The first kappa shape index (κ1) is 14.3. The van der Waals surface area contributed by atoms with E-state index in [1.807, 2.05) is 20.8 Å². The molecular weight excluding hydrogens is 234 g/mol. The minimum atomic E-state index is -0.141. The molecule has 0 fully saturated rings. The zero-order valence-electron chi connectivity index (χ0n) is 11.6. The number of methoxy groups -OCH3 is 1. The quantitative estimate of drug-likeness (QED) is 0.897. The van der Waals surface area contributed by atoms with Gasteiger partial charge in [-0.1, -0.05) is 25.4 Å². The predicted octanol–water partition coefficient (Wildman–Crippen LogP) is 3.51. The summed E-state index contributed by atoms with van der Waals surface area (Å²) in [5.74, 6) is 0.917. The van der Waals surface area contributed by atoms with Crippen molar-refractivity contribution in [2.75, 3.05) is 13.7 Å². The summed E-state index contributed by atoms with van der Waals surface area (Å²) >= 11 is 6.38. The average Bonchev–Trinajstić information content (AvgIpc) is 2.30. The molecule has 0 heterocycles. The van der Waals surface area contributed by atoms with Crippen LogP contribution in [0, 0.1) is 20.8 Å². The molecule has 0 saturated heterocycles. The molecule has 96 valence electrons. The van der Waals surface area contributed by atoms with Crippen molar-refractivity contribution >= 4 is 11.6 Å². The van der Waals surface area contributed by atoms with Crippen molar-refractivity contribution in [3.05, 3.63) is 27.3 Å². The fraction of sp³-hybridized carbons (Fsp3) is 0.571. The minimum Gasteiger partial charge on any atom is -0.496 e. The van der Waals surface area contributed by atoms with E-state index >= 15 is 0 Å². The lowest BCUT2D eigenvalue weighted by Gasteiger charge is -2.30. The van der Waals surface area contributed by atoms with Gasteiger partial charge >= 0.3 is 0 Å². The Balaban J connectivity index is 3.70. The maximum atomic E-state index is 6.38. The van der Waals surface area contributed by atoms with Gasteiger partial charge in [-0.25, -0.2) is 0 Å². The largest absolute Gasteiger partial charge is 0.496 e. The van der Waals surface area contributed by atoms with Gasteiger partial charge in [0.2, 0.25) is 0 Å². The molecule has 3 heteroatoms. The first-order valence-electron chi connectivity index (χ1n) is 5.81. The Bertz CT molecular complexity index is 439. The normalized spacial score (nSPS) is 11.8. The number of hydrogen-bond donors (Lipinski definition) is 1. The van der Waals surface area contributed by atoms with Gasteiger partial charge in [0.05, 0.1) is 7.11 Å². The summed E-state index contributed by atoms with van der Waals surface area (Å²) in [5.41, 5.74) is 10.1.